The van der Waals surface area contributed by atoms with Gasteiger partial charge >= 0.3 is 6.09 Å². The fraction of sp³-hybridized carbons (Fsp3) is 0.640. The van der Waals surface area contributed by atoms with Crippen molar-refractivity contribution < 1.29 is 19.0 Å². The molecule has 3 aliphatic rings. The van der Waals surface area contributed by atoms with Gasteiger partial charge in [-0.1, -0.05) is 0 Å². The van der Waals surface area contributed by atoms with E-state index in [1.807, 2.05) is 25.5 Å². The summed E-state index contributed by atoms with van der Waals surface area (Å²) in [5, 5.41) is 14.3. The number of hydrogen-bond acceptors (Lipinski definition) is 6. The average Bonchev–Trinajstić information content (AvgIpc) is 3.51. The number of hydrogen-bond donors (Lipinski definition) is 1. The number of carbonyl (C=O) groups is 1. The fourth-order valence-corrected chi connectivity index (χ4v) is 4.83. The Hall–Kier alpha value is -2.68. The van der Waals surface area contributed by atoms with Gasteiger partial charge in [-0.15, -0.1) is 0 Å². The Morgan fingerprint density at radius 1 is 1.21 bits per heavy atom. The molecule has 0 unspecified atom stereocenters. The lowest BCUT2D eigenvalue weighted by Crippen LogP contribution is -2.50. The summed E-state index contributed by atoms with van der Waals surface area (Å²) >= 11 is 0. The smallest absolute Gasteiger partial charge is 0.410 e. The van der Waals surface area contributed by atoms with E-state index in [1.165, 1.54) is 6.20 Å². The monoisotopic (exact) mass is 471 g/mol. The van der Waals surface area contributed by atoms with Gasteiger partial charge in [0.2, 0.25) is 0 Å². The molecule has 3 fully saturated rings. The number of amides is 1. The Morgan fingerprint density at radius 2 is 1.91 bits per heavy atom. The van der Waals surface area contributed by atoms with E-state index in [-0.39, 0.29) is 18.5 Å². The van der Waals surface area contributed by atoms with E-state index in [4.69, 9.17) is 9.84 Å². The third-order valence-electron chi connectivity index (χ3n) is 6.93. The zero-order valence-corrected chi connectivity index (χ0v) is 20.2. The van der Waals surface area contributed by atoms with Crippen LogP contribution in [0.25, 0.3) is 11.3 Å². The van der Waals surface area contributed by atoms with Crippen molar-refractivity contribution >= 4 is 11.8 Å². The molecule has 34 heavy (non-hydrogen) atoms. The molecule has 0 radical (unpaired) electrons. The summed E-state index contributed by atoms with van der Waals surface area (Å²) in [4.78, 5) is 20.8. The molecular formula is C25H34FN5O3. The second kappa shape index (κ2) is 8.83. The van der Waals surface area contributed by atoms with Crippen molar-refractivity contribution in [2.75, 3.05) is 37.7 Å². The average molecular weight is 472 g/mol. The van der Waals surface area contributed by atoms with Crippen LogP contribution in [0.3, 0.4) is 0 Å². The van der Waals surface area contributed by atoms with E-state index in [9.17, 15) is 14.3 Å². The van der Waals surface area contributed by atoms with Gasteiger partial charge in [0.05, 0.1) is 29.3 Å². The molecule has 1 saturated heterocycles. The Bertz CT molecular complexity index is 1050. The van der Waals surface area contributed by atoms with Gasteiger partial charge in [0, 0.05) is 56.5 Å². The predicted molar refractivity (Wildman–Crippen MR) is 126 cm³/mol. The lowest BCUT2D eigenvalue weighted by atomic mass is 9.81. The highest BCUT2D eigenvalue weighted by Gasteiger charge is 2.36. The third kappa shape index (κ3) is 4.76. The van der Waals surface area contributed by atoms with Crippen molar-refractivity contribution in [3.63, 3.8) is 0 Å². The van der Waals surface area contributed by atoms with Crippen LogP contribution in [0.4, 0.5) is 14.9 Å². The van der Waals surface area contributed by atoms with Crippen LogP contribution in [-0.4, -0.2) is 69.3 Å². The molecule has 0 aromatic carbocycles. The van der Waals surface area contributed by atoms with E-state index in [2.05, 4.69) is 16.1 Å². The first kappa shape index (κ1) is 23.1. The van der Waals surface area contributed by atoms with Crippen LogP contribution >= 0.6 is 0 Å². The van der Waals surface area contributed by atoms with Gasteiger partial charge in [-0.25, -0.2) is 9.18 Å². The molecule has 8 nitrogen and oxygen atoms in total. The van der Waals surface area contributed by atoms with Crippen LogP contribution in [0.15, 0.2) is 18.5 Å². The first-order valence-corrected chi connectivity index (χ1v) is 12.3. The molecule has 1 aliphatic heterocycles. The SMILES string of the molecule is CC(C)(C)OC(=O)N1CCN(c2cc(F)cnc2-c2cn([C@H]3C[C@H](CO)C3)nc2C2CC2)CC1. The molecule has 2 saturated carbocycles. The Kier molecular flexibility index (Phi) is 6.00. The maximum Gasteiger partial charge on any atom is 0.410 e. The lowest BCUT2D eigenvalue weighted by molar-refractivity contribution is 0.0240. The number of aromatic nitrogens is 3. The van der Waals surface area contributed by atoms with Gasteiger partial charge < -0.3 is 19.6 Å². The van der Waals surface area contributed by atoms with Crippen molar-refractivity contribution in [2.45, 2.75) is 64.0 Å². The number of carbonyl (C=O) groups excluding carboxylic acids is 1. The minimum Gasteiger partial charge on any atom is -0.444 e. The topological polar surface area (TPSA) is 83.7 Å². The summed E-state index contributed by atoms with van der Waals surface area (Å²) < 4.78 is 21.9. The second-order valence-electron chi connectivity index (χ2n) is 10.8. The quantitative estimate of drug-likeness (QED) is 0.711. The van der Waals surface area contributed by atoms with Gasteiger partial charge in [-0.3, -0.25) is 9.67 Å². The zero-order valence-electron chi connectivity index (χ0n) is 20.2. The molecule has 3 heterocycles. The van der Waals surface area contributed by atoms with Crippen LogP contribution in [0.5, 0.6) is 0 Å². The number of nitrogens with zero attached hydrogens (tertiary/aromatic N) is 5. The molecule has 2 aliphatic carbocycles. The number of anilines is 1. The minimum absolute atomic E-state index is 0.221. The molecule has 0 atom stereocenters. The minimum atomic E-state index is -0.537. The predicted octanol–water partition coefficient (Wildman–Crippen LogP) is 3.96. The van der Waals surface area contributed by atoms with Gasteiger partial charge in [0.1, 0.15) is 11.4 Å². The van der Waals surface area contributed by atoms with E-state index in [0.717, 1.165) is 48.3 Å². The Labute approximate surface area is 199 Å². The van der Waals surface area contributed by atoms with Crippen LogP contribution in [-0.2, 0) is 4.74 Å². The number of piperazine rings is 1. The number of ether oxygens (including phenoxy) is 1. The molecule has 1 N–H and O–H groups in total. The number of aliphatic hydroxyl groups is 1. The van der Waals surface area contributed by atoms with Crippen LogP contribution in [0, 0.1) is 11.7 Å². The summed E-state index contributed by atoms with van der Waals surface area (Å²) in [7, 11) is 0. The molecule has 5 rings (SSSR count). The largest absolute Gasteiger partial charge is 0.444 e. The fourth-order valence-electron chi connectivity index (χ4n) is 4.83. The summed E-state index contributed by atoms with van der Waals surface area (Å²) in [5.41, 5.74) is 2.97. The molecule has 2 aromatic rings. The number of pyridine rings is 1. The highest BCUT2D eigenvalue weighted by Crippen LogP contribution is 2.47. The first-order chi connectivity index (χ1) is 16.2. The molecule has 2 aromatic heterocycles. The summed E-state index contributed by atoms with van der Waals surface area (Å²) in [6.45, 7) is 7.95. The lowest BCUT2D eigenvalue weighted by Gasteiger charge is -2.37. The summed E-state index contributed by atoms with van der Waals surface area (Å²) in [6.07, 6.45) is 7.10. The molecule has 9 heteroatoms. The molecule has 0 bridgehead atoms. The van der Waals surface area contributed by atoms with E-state index < -0.39 is 5.60 Å². The van der Waals surface area contributed by atoms with E-state index in [1.54, 1.807) is 11.0 Å². The molecular weight excluding hydrogens is 437 g/mol. The highest BCUT2D eigenvalue weighted by molar-refractivity contribution is 5.77. The van der Waals surface area contributed by atoms with E-state index >= 15 is 0 Å². The molecule has 0 spiro atoms. The van der Waals surface area contributed by atoms with Crippen LogP contribution in [0.1, 0.15) is 64.1 Å². The van der Waals surface area contributed by atoms with Crippen LogP contribution < -0.4 is 4.90 Å². The van der Waals surface area contributed by atoms with Crippen molar-refractivity contribution in [3.05, 3.63) is 30.0 Å². The van der Waals surface area contributed by atoms with Gasteiger partial charge in [0.25, 0.3) is 0 Å². The Balaban J connectivity index is 1.38. The number of halogens is 1. The number of rotatable bonds is 5. The Morgan fingerprint density at radius 3 is 2.53 bits per heavy atom. The van der Waals surface area contributed by atoms with Crippen LogP contribution in [0.2, 0.25) is 0 Å². The highest BCUT2D eigenvalue weighted by atomic mass is 19.1. The second-order valence-corrected chi connectivity index (χ2v) is 10.8. The first-order valence-electron chi connectivity index (χ1n) is 12.3. The molecule has 184 valence electrons. The van der Waals surface area contributed by atoms with Crippen molar-refractivity contribution in [1.29, 1.82) is 0 Å². The zero-order chi connectivity index (χ0) is 24.0. The molecule has 1 amide bonds. The summed E-state index contributed by atoms with van der Waals surface area (Å²) in [5.74, 6) is 0.398. The van der Waals surface area contributed by atoms with Gasteiger partial charge in [0.15, 0.2) is 0 Å². The van der Waals surface area contributed by atoms with Gasteiger partial charge in [-0.2, -0.15) is 5.10 Å². The van der Waals surface area contributed by atoms with Crippen molar-refractivity contribution in [3.8, 4) is 11.3 Å². The standard InChI is InChI=1S/C25H34FN5O3/c1-25(2,3)34-24(33)30-8-6-29(7-9-30)21-12-18(26)13-27-23(21)20-14-31(19-10-16(11-19)15-32)28-22(20)17-4-5-17/h12-14,16-17,19,32H,4-11,15H2,1-3H3/t16-,19-. The maximum absolute atomic E-state index is 14.3. The van der Waals surface area contributed by atoms with E-state index in [0.29, 0.717) is 44.1 Å². The third-order valence-corrected chi connectivity index (χ3v) is 6.93. The van der Waals surface area contributed by atoms with Crippen molar-refractivity contribution in [2.24, 2.45) is 5.92 Å². The van der Waals surface area contributed by atoms with Gasteiger partial charge in [-0.05, 0) is 52.4 Å². The van der Waals surface area contributed by atoms with Crippen molar-refractivity contribution in [1.82, 2.24) is 19.7 Å². The maximum atomic E-state index is 14.3. The summed E-state index contributed by atoms with van der Waals surface area (Å²) in [6, 6.07) is 1.84. The number of aliphatic hydroxyl groups excluding tert-OH is 1. The normalized spacial score (nSPS) is 23.1.